The summed E-state index contributed by atoms with van der Waals surface area (Å²) in [5.41, 5.74) is 0.813. The molecule has 45 heavy (non-hydrogen) atoms. The summed E-state index contributed by atoms with van der Waals surface area (Å²) in [5.74, 6) is -0.249. The van der Waals surface area contributed by atoms with Gasteiger partial charge in [-0.15, -0.1) is 0 Å². The number of amides is 3. The van der Waals surface area contributed by atoms with Gasteiger partial charge in [-0.25, -0.2) is 29.6 Å². The number of anilines is 2. The minimum Gasteiger partial charge on any atom is -0.419 e. The van der Waals surface area contributed by atoms with E-state index in [1.165, 1.54) is 42.1 Å². The average molecular weight is 651 g/mol. The molecule has 2 unspecified atom stereocenters. The number of rotatable bonds is 3. The number of hydrogen-bond donors (Lipinski definition) is 1. The zero-order chi connectivity index (χ0) is 31.7. The molecule has 2 atom stereocenters. The Balaban J connectivity index is 0.000000172. The van der Waals surface area contributed by atoms with Gasteiger partial charge in [0, 0.05) is 63.4 Å². The third kappa shape index (κ3) is 5.98. The van der Waals surface area contributed by atoms with Crippen LogP contribution in [0.15, 0.2) is 61.4 Å². The molecular weight excluding hydrogens is 627 g/mol. The van der Waals surface area contributed by atoms with Gasteiger partial charge in [0.05, 0.1) is 10.0 Å². The number of halogens is 2. The minimum atomic E-state index is -1.17. The molecule has 1 saturated heterocycles. The molecule has 0 aromatic carbocycles. The van der Waals surface area contributed by atoms with Crippen LogP contribution in [0.1, 0.15) is 44.8 Å². The Kier molecular flexibility index (Phi) is 8.49. The van der Waals surface area contributed by atoms with E-state index < -0.39 is 30.4 Å². The first-order valence-electron chi connectivity index (χ1n) is 13.6. The molecule has 0 aliphatic carbocycles. The van der Waals surface area contributed by atoms with Gasteiger partial charge >= 0.3 is 6.09 Å². The van der Waals surface area contributed by atoms with Crippen LogP contribution in [-0.4, -0.2) is 95.9 Å². The van der Waals surface area contributed by atoms with Crippen LogP contribution >= 0.6 is 23.2 Å². The molecule has 1 N–H and O–H groups in total. The summed E-state index contributed by atoms with van der Waals surface area (Å²) in [5, 5.41) is 11.0. The molecule has 0 bridgehead atoms. The largest absolute Gasteiger partial charge is 0.419 e. The summed E-state index contributed by atoms with van der Waals surface area (Å²) in [6, 6.07) is 6.34. The first-order valence-corrected chi connectivity index (χ1v) is 14.3. The molecule has 0 spiro atoms. The summed E-state index contributed by atoms with van der Waals surface area (Å²) in [6.07, 6.45) is 5.84. The highest BCUT2D eigenvalue weighted by molar-refractivity contribution is 6.30. The second-order valence-electron chi connectivity index (χ2n) is 10.0. The molecule has 0 radical (unpaired) electrons. The number of pyridine rings is 2. The number of aromatic nitrogens is 6. The Bertz CT molecular complexity index is 1740. The number of aliphatic hydroxyl groups excluding tert-OH is 1. The van der Waals surface area contributed by atoms with Crippen LogP contribution in [0, 0.1) is 0 Å². The van der Waals surface area contributed by atoms with E-state index in [0.717, 1.165) is 18.0 Å². The SMILES string of the molecule is CN1CCN(C(=O)OC2c3nccnc3C(=O)N2c2ccc(Cl)cn2)CC1.O=C1c2nccnc2C(O)N1c1ccc(Cl)cn1. The van der Waals surface area contributed by atoms with E-state index in [4.69, 9.17) is 27.9 Å². The lowest BCUT2D eigenvalue weighted by atomic mass is 10.3. The van der Waals surface area contributed by atoms with E-state index in [1.807, 2.05) is 7.05 Å². The van der Waals surface area contributed by atoms with E-state index in [1.54, 1.807) is 29.2 Å². The maximum absolute atomic E-state index is 12.8. The number of ether oxygens (including phenoxy) is 1. The topological polar surface area (TPSA) is 171 Å². The molecule has 17 heteroatoms. The Hall–Kier alpha value is -4.83. The third-order valence-electron chi connectivity index (χ3n) is 7.14. The van der Waals surface area contributed by atoms with Crippen LogP contribution < -0.4 is 9.80 Å². The van der Waals surface area contributed by atoms with Crippen molar-refractivity contribution in [3.8, 4) is 0 Å². The van der Waals surface area contributed by atoms with Crippen molar-refractivity contribution in [2.75, 3.05) is 43.0 Å². The molecule has 4 aromatic rings. The second-order valence-corrected chi connectivity index (χ2v) is 10.9. The Morgan fingerprint density at radius 2 is 1.27 bits per heavy atom. The van der Waals surface area contributed by atoms with Crippen molar-refractivity contribution in [2.24, 2.45) is 0 Å². The molecule has 4 aromatic heterocycles. The number of fused-ring (bicyclic) bond motifs is 2. The van der Waals surface area contributed by atoms with Crippen molar-refractivity contribution < 1.29 is 24.2 Å². The maximum Gasteiger partial charge on any atom is 0.412 e. The van der Waals surface area contributed by atoms with Crippen LogP contribution in [0.3, 0.4) is 0 Å². The highest BCUT2D eigenvalue weighted by Crippen LogP contribution is 2.36. The van der Waals surface area contributed by atoms with Crippen LogP contribution in [0.5, 0.6) is 0 Å². The number of nitrogens with zero attached hydrogens (tertiary/aromatic N) is 10. The van der Waals surface area contributed by atoms with Crippen molar-refractivity contribution in [2.45, 2.75) is 12.5 Å². The average Bonchev–Trinajstić information content (AvgIpc) is 3.48. The van der Waals surface area contributed by atoms with Gasteiger partial charge in [-0.1, -0.05) is 23.2 Å². The fourth-order valence-corrected chi connectivity index (χ4v) is 5.05. The fraction of sp³-hybridized carbons (Fsp3) is 0.250. The van der Waals surface area contributed by atoms with E-state index in [9.17, 15) is 19.5 Å². The van der Waals surface area contributed by atoms with Gasteiger partial charge in [0.1, 0.15) is 23.0 Å². The molecular formula is C28H24Cl2N10O5. The normalized spacial score (nSPS) is 19.2. The molecule has 1 fully saturated rings. The van der Waals surface area contributed by atoms with Crippen LogP contribution in [0.4, 0.5) is 16.4 Å². The molecule has 230 valence electrons. The highest BCUT2D eigenvalue weighted by atomic mass is 35.5. The third-order valence-corrected chi connectivity index (χ3v) is 7.59. The van der Waals surface area contributed by atoms with Crippen molar-refractivity contribution in [3.63, 3.8) is 0 Å². The molecule has 0 saturated carbocycles. The second kappa shape index (κ2) is 12.6. The van der Waals surface area contributed by atoms with Crippen molar-refractivity contribution in [1.82, 2.24) is 39.7 Å². The smallest absolute Gasteiger partial charge is 0.412 e. The summed E-state index contributed by atoms with van der Waals surface area (Å²) < 4.78 is 5.68. The monoisotopic (exact) mass is 650 g/mol. The van der Waals surface area contributed by atoms with Gasteiger partial charge < -0.3 is 19.6 Å². The number of aliphatic hydroxyl groups is 1. The summed E-state index contributed by atoms with van der Waals surface area (Å²) in [4.78, 5) is 68.1. The number of hydrogen-bond acceptors (Lipinski definition) is 12. The molecule has 3 aliphatic rings. The molecule has 7 heterocycles. The zero-order valence-electron chi connectivity index (χ0n) is 23.6. The highest BCUT2D eigenvalue weighted by Gasteiger charge is 2.44. The number of likely N-dealkylation sites (N-methyl/N-ethyl adjacent to an activating group) is 1. The van der Waals surface area contributed by atoms with E-state index in [2.05, 4.69) is 34.8 Å². The predicted octanol–water partition coefficient (Wildman–Crippen LogP) is 2.74. The Labute approximate surface area is 266 Å². The van der Waals surface area contributed by atoms with Gasteiger partial charge in [-0.3, -0.25) is 24.5 Å². The van der Waals surface area contributed by atoms with Gasteiger partial charge in [-0.05, 0) is 31.3 Å². The van der Waals surface area contributed by atoms with Crippen LogP contribution in [-0.2, 0) is 4.74 Å². The standard InChI is InChI=1S/C17H17ClN6O3.C11H7ClN4O2/c1-22-6-8-23(9-7-22)17(26)27-16-14-13(19-4-5-20-14)15(25)24(16)12-3-2-11(18)10-21-12;12-6-1-2-7(15-5-6)16-10(17)8-9(11(16)18)14-4-3-13-8/h2-5,10,16H,6-9H2,1H3;1-5,10,17H. The van der Waals surface area contributed by atoms with Gasteiger partial charge in [0.2, 0.25) is 6.23 Å². The summed E-state index contributed by atoms with van der Waals surface area (Å²) >= 11 is 11.6. The zero-order valence-corrected chi connectivity index (χ0v) is 25.1. The molecule has 7 rings (SSSR count). The van der Waals surface area contributed by atoms with Gasteiger partial charge in [0.15, 0.2) is 17.6 Å². The first-order chi connectivity index (χ1) is 21.7. The molecule has 3 amide bonds. The lowest BCUT2D eigenvalue weighted by Crippen LogP contribution is -2.48. The number of carbonyl (C=O) groups excluding carboxylic acids is 3. The van der Waals surface area contributed by atoms with Gasteiger partial charge in [-0.2, -0.15) is 0 Å². The van der Waals surface area contributed by atoms with Crippen LogP contribution in [0.2, 0.25) is 10.0 Å². The quantitative estimate of drug-likeness (QED) is 0.344. The summed E-state index contributed by atoms with van der Waals surface area (Å²) in [6.45, 7) is 2.64. The summed E-state index contributed by atoms with van der Waals surface area (Å²) in [7, 11) is 2.00. The van der Waals surface area contributed by atoms with E-state index >= 15 is 0 Å². The lowest BCUT2D eigenvalue weighted by Gasteiger charge is -2.33. The van der Waals surface area contributed by atoms with E-state index in [-0.39, 0.29) is 17.1 Å². The predicted molar refractivity (Wildman–Crippen MR) is 159 cm³/mol. The first kappa shape index (κ1) is 30.2. The molecule has 15 nitrogen and oxygen atoms in total. The Morgan fingerprint density at radius 1 is 0.756 bits per heavy atom. The number of carbonyl (C=O) groups is 3. The Morgan fingerprint density at radius 3 is 1.82 bits per heavy atom. The molecule has 3 aliphatic heterocycles. The maximum atomic E-state index is 12.8. The lowest BCUT2D eigenvalue weighted by molar-refractivity contribution is 0.0476. The van der Waals surface area contributed by atoms with Gasteiger partial charge in [0.25, 0.3) is 11.8 Å². The van der Waals surface area contributed by atoms with Crippen LogP contribution in [0.25, 0.3) is 0 Å². The van der Waals surface area contributed by atoms with Crippen molar-refractivity contribution in [3.05, 3.63) is 94.3 Å². The number of piperazine rings is 1. The van der Waals surface area contributed by atoms with E-state index in [0.29, 0.717) is 40.5 Å². The fourth-order valence-electron chi connectivity index (χ4n) is 4.83. The minimum absolute atomic E-state index is 0.141. The van der Waals surface area contributed by atoms with Crippen molar-refractivity contribution in [1.29, 1.82) is 0 Å². The van der Waals surface area contributed by atoms with Crippen molar-refractivity contribution >= 4 is 52.7 Å².